The number of nitrogens with one attached hydrogen (secondary N) is 1. The Kier molecular flexibility index (Phi) is 4.21. The zero-order valence-corrected chi connectivity index (χ0v) is 13.2. The van der Waals surface area contributed by atoms with E-state index in [1.807, 2.05) is 46.8 Å². The van der Waals surface area contributed by atoms with E-state index < -0.39 is 5.60 Å². The molecule has 0 aliphatic rings. The lowest BCUT2D eigenvalue weighted by Gasteiger charge is -2.20. The topological polar surface area (TPSA) is 64.2 Å². The molecule has 0 aliphatic carbocycles. The van der Waals surface area contributed by atoms with Crippen LogP contribution in [0.2, 0.25) is 0 Å². The van der Waals surface area contributed by atoms with Crippen LogP contribution in [0.1, 0.15) is 40.2 Å². The van der Waals surface area contributed by atoms with Crippen molar-refractivity contribution in [1.29, 1.82) is 0 Å². The zero-order chi connectivity index (χ0) is 15.6. The highest BCUT2D eigenvalue weighted by Gasteiger charge is 2.19. The van der Waals surface area contributed by atoms with E-state index >= 15 is 0 Å². The molecule has 2 aromatic rings. The number of carbonyl (C=O) groups excluding carboxylic acids is 1. The summed E-state index contributed by atoms with van der Waals surface area (Å²) < 4.78 is 11.2. The average molecular weight is 290 g/mol. The zero-order valence-electron chi connectivity index (χ0n) is 13.2. The molecule has 0 saturated heterocycles. The first-order valence-corrected chi connectivity index (χ1v) is 7.09. The molecule has 1 aromatic heterocycles. The molecule has 5 nitrogen and oxygen atoms in total. The summed E-state index contributed by atoms with van der Waals surface area (Å²) in [5.74, 6) is 0.423. The Hall–Kier alpha value is -2.04. The summed E-state index contributed by atoms with van der Waals surface area (Å²) in [5, 5.41) is 7.86. The molecule has 0 saturated carbocycles. The largest absolute Gasteiger partial charge is 0.491 e. The number of benzene rings is 1. The van der Waals surface area contributed by atoms with Gasteiger partial charge in [-0.25, -0.2) is 0 Å². The molecule has 0 radical (unpaired) electrons. The summed E-state index contributed by atoms with van der Waals surface area (Å²) in [6.45, 7) is 9.48. The molecule has 0 aliphatic heterocycles. The van der Waals surface area contributed by atoms with E-state index in [-0.39, 0.29) is 18.5 Å². The molecule has 5 heteroatoms. The van der Waals surface area contributed by atoms with Crippen molar-refractivity contribution in [3.63, 3.8) is 0 Å². The Labute approximate surface area is 124 Å². The lowest BCUT2D eigenvalue weighted by molar-refractivity contribution is -0.153. The van der Waals surface area contributed by atoms with Gasteiger partial charge in [0.2, 0.25) is 0 Å². The lowest BCUT2D eigenvalue weighted by Crippen LogP contribution is -2.25. The van der Waals surface area contributed by atoms with Gasteiger partial charge in [-0.05, 0) is 40.7 Å². The number of esters is 1. The van der Waals surface area contributed by atoms with E-state index in [0.717, 1.165) is 16.5 Å². The first-order valence-electron chi connectivity index (χ1n) is 7.09. The maximum Gasteiger partial charge on any atom is 0.310 e. The number of aromatic nitrogens is 2. The minimum atomic E-state index is -0.490. The van der Waals surface area contributed by atoms with E-state index in [2.05, 4.69) is 10.2 Å². The van der Waals surface area contributed by atoms with Crippen LogP contribution in [0.15, 0.2) is 18.3 Å². The van der Waals surface area contributed by atoms with Crippen molar-refractivity contribution < 1.29 is 14.3 Å². The Morgan fingerprint density at radius 3 is 2.67 bits per heavy atom. The summed E-state index contributed by atoms with van der Waals surface area (Å²) in [5.41, 5.74) is 1.21. The highest BCUT2D eigenvalue weighted by molar-refractivity contribution is 5.83. The van der Waals surface area contributed by atoms with E-state index in [0.29, 0.717) is 5.75 Å². The summed E-state index contributed by atoms with van der Waals surface area (Å²) in [6.07, 6.45) is 1.94. The van der Waals surface area contributed by atoms with Crippen LogP contribution in [0.5, 0.6) is 5.75 Å². The fraction of sp³-hybridized carbons (Fsp3) is 0.500. The molecule has 1 N–H and O–H groups in total. The Balaban J connectivity index is 2.29. The fourth-order valence-corrected chi connectivity index (χ4v) is 2.05. The van der Waals surface area contributed by atoms with Crippen LogP contribution in [0, 0.1) is 0 Å². The predicted molar refractivity (Wildman–Crippen MR) is 81.4 cm³/mol. The van der Waals surface area contributed by atoms with Crippen LogP contribution in [0.3, 0.4) is 0 Å². The molecule has 114 valence electrons. The van der Waals surface area contributed by atoms with Crippen molar-refractivity contribution in [1.82, 2.24) is 10.2 Å². The third-order valence-corrected chi connectivity index (χ3v) is 2.74. The Morgan fingerprint density at radius 2 is 2.05 bits per heavy atom. The van der Waals surface area contributed by atoms with Gasteiger partial charge in [-0.3, -0.25) is 9.89 Å². The van der Waals surface area contributed by atoms with Crippen LogP contribution in [0.4, 0.5) is 0 Å². The van der Waals surface area contributed by atoms with Crippen LogP contribution in [0.25, 0.3) is 10.9 Å². The van der Waals surface area contributed by atoms with E-state index in [4.69, 9.17) is 9.47 Å². The van der Waals surface area contributed by atoms with Gasteiger partial charge in [-0.15, -0.1) is 0 Å². The van der Waals surface area contributed by atoms with Crippen LogP contribution >= 0.6 is 0 Å². The number of hydrogen-bond donors (Lipinski definition) is 1. The molecule has 1 aromatic carbocycles. The van der Waals surface area contributed by atoms with Gasteiger partial charge < -0.3 is 9.47 Å². The predicted octanol–water partition coefficient (Wildman–Crippen LogP) is 3.23. The molecule has 0 bridgehead atoms. The van der Waals surface area contributed by atoms with E-state index in [1.165, 1.54) is 0 Å². The van der Waals surface area contributed by atoms with Crippen LogP contribution in [-0.4, -0.2) is 27.9 Å². The second-order valence-corrected chi connectivity index (χ2v) is 6.35. The number of rotatable bonds is 4. The van der Waals surface area contributed by atoms with E-state index in [9.17, 15) is 4.79 Å². The quantitative estimate of drug-likeness (QED) is 0.878. The van der Waals surface area contributed by atoms with Crippen molar-refractivity contribution in [3.8, 4) is 5.75 Å². The maximum absolute atomic E-state index is 12.0. The third kappa shape index (κ3) is 4.21. The molecule has 0 fully saturated rings. The highest BCUT2D eigenvalue weighted by atomic mass is 16.6. The summed E-state index contributed by atoms with van der Waals surface area (Å²) in [4.78, 5) is 12.0. The van der Waals surface area contributed by atoms with Gasteiger partial charge >= 0.3 is 5.97 Å². The molecule has 2 rings (SSSR count). The molecule has 21 heavy (non-hydrogen) atoms. The van der Waals surface area contributed by atoms with Crippen molar-refractivity contribution in [2.45, 2.75) is 52.7 Å². The molecule has 0 atom stereocenters. The third-order valence-electron chi connectivity index (χ3n) is 2.74. The number of ether oxygens (including phenoxy) is 2. The summed E-state index contributed by atoms with van der Waals surface area (Å²) >= 11 is 0. The molecule has 1 heterocycles. The van der Waals surface area contributed by atoms with Gasteiger partial charge in [-0.2, -0.15) is 5.10 Å². The summed E-state index contributed by atoms with van der Waals surface area (Å²) in [7, 11) is 0. The van der Waals surface area contributed by atoms with E-state index in [1.54, 1.807) is 6.20 Å². The second-order valence-electron chi connectivity index (χ2n) is 6.35. The second kappa shape index (κ2) is 5.76. The van der Waals surface area contributed by atoms with Crippen molar-refractivity contribution in [2.75, 3.05) is 0 Å². The Bertz CT molecular complexity index is 638. The first-order chi connectivity index (χ1) is 9.74. The molecule has 0 amide bonds. The first kappa shape index (κ1) is 15.4. The van der Waals surface area contributed by atoms with Gasteiger partial charge in [0.05, 0.1) is 24.2 Å². The minimum Gasteiger partial charge on any atom is -0.491 e. The SMILES string of the molecule is CC(C)Oc1cc2[nH]ncc2cc1CC(=O)OC(C)(C)C. The minimum absolute atomic E-state index is 0.0303. The normalized spacial score (nSPS) is 11.9. The molecular weight excluding hydrogens is 268 g/mol. The highest BCUT2D eigenvalue weighted by Crippen LogP contribution is 2.27. The fourth-order valence-electron chi connectivity index (χ4n) is 2.05. The lowest BCUT2D eigenvalue weighted by atomic mass is 10.1. The molecule has 0 unspecified atom stereocenters. The van der Waals surface area contributed by atoms with Gasteiger partial charge in [0.25, 0.3) is 0 Å². The van der Waals surface area contributed by atoms with Crippen molar-refractivity contribution in [3.05, 3.63) is 23.9 Å². The van der Waals surface area contributed by atoms with Crippen LogP contribution < -0.4 is 4.74 Å². The van der Waals surface area contributed by atoms with Gasteiger partial charge in [-0.1, -0.05) is 0 Å². The average Bonchev–Trinajstić information content (AvgIpc) is 2.72. The number of hydrogen-bond acceptors (Lipinski definition) is 4. The van der Waals surface area contributed by atoms with Crippen LogP contribution in [-0.2, 0) is 16.0 Å². The number of aromatic amines is 1. The Morgan fingerprint density at radius 1 is 1.33 bits per heavy atom. The number of H-pyrrole nitrogens is 1. The maximum atomic E-state index is 12.0. The monoisotopic (exact) mass is 290 g/mol. The van der Waals surface area contributed by atoms with Crippen molar-refractivity contribution >= 4 is 16.9 Å². The standard InChI is InChI=1S/C16H22N2O3/c1-10(2)20-14-8-13-12(9-17-18-13)6-11(14)7-15(19)21-16(3,4)5/h6,8-10H,7H2,1-5H3,(H,17,18). The van der Waals surface area contributed by atoms with Gasteiger partial charge in [0.15, 0.2) is 0 Å². The number of fused-ring (bicyclic) bond motifs is 1. The smallest absolute Gasteiger partial charge is 0.310 e. The molecular formula is C16H22N2O3. The number of nitrogens with zero attached hydrogens (tertiary/aromatic N) is 1. The van der Waals surface area contributed by atoms with Gasteiger partial charge in [0.1, 0.15) is 11.4 Å². The number of carbonyl (C=O) groups is 1. The van der Waals surface area contributed by atoms with Gasteiger partial charge in [0, 0.05) is 17.0 Å². The van der Waals surface area contributed by atoms with Crippen molar-refractivity contribution in [2.24, 2.45) is 0 Å². The summed E-state index contributed by atoms with van der Waals surface area (Å²) in [6, 6.07) is 3.79. The molecule has 0 spiro atoms.